The number of esters is 2. The Balaban J connectivity index is 2.73. The van der Waals surface area contributed by atoms with Gasteiger partial charge < -0.3 is 19.7 Å². The molecular weight excluding hydrogens is 424 g/mol. The normalized spacial score (nSPS) is 21.6. The number of aliphatic hydroxyl groups is 2. The molecule has 0 bridgehead atoms. The highest BCUT2D eigenvalue weighted by atomic mass is 35.5. The molecule has 2 N–H and O–H groups in total. The number of rotatable bonds is 14. The van der Waals surface area contributed by atoms with Gasteiger partial charge in [-0.15, -0.1) is 0 Å². The third kappa shape index (κ3) is 9.97. The average molecular weight is 459 g/mol. The van der Waals surface area contributed by atoms with Crippen molar-refractivity contribution in [1.82, 2.24) is 0 Å². The highest BCUT2D eigenvalue weighted by Gasteiger charge is 2.36. The summed E-state index contributed by atoms with van der Waals surface area (Å²) < 4.78 is 9.90. The Hall–Kier alpha value is -1.70. The van der Waals surface area contributed by atoms with E-state index >= 15 is 0 Å². The summed E-state index contributed by atoms with van der Waals surface area (Å²) in [6, 6.07) is 0. The van der Waals surface area contributed by atoms with Gasteiger partial charge in [-0.1, -0.05) is 43.5 Å². The lowest BCUT2D eigenvalue weighted by Crippen LogP contribution is -2.31. The highest BCUT2D eigenvalue weighted by molar-refractivity contribution is 6.43. The van der Waals surface area contributed by atoms with Gasteiger partial charge in [0.25, 0.3) is 0 Å². The quantitative estimate of drug-likeness (QED) is 0.233. The smallest absolute Gasteiger partial charge is 0.305 e. The second-order valence-corrected chi connectivity index (χ2v) is 8.34. The van der Waals surface area contributed by atoms with Crippen molar-refractivity contribution < 1.29 is 34.1 Å². The number of aliphatic hydroxyl groups excluding tert-OH is 2. The van der Waals surface area contributed by atoms with Crippen molar-refractivity contribution in [2.45, 2.75) is 83.5 Å². The molecule has 0 radical (unpaired) electrons. The minimum atomic E-state index is -1.13. The summed E-state index contributed by atoms with van der Waals surface area (Å²) >= 11 is 6.05. The number of hydrogen-bond acceptors (Lipinski definition) is 7. The molecule has 1 aliphatic carbocycles. The fraction of sp³-hybridized carbons (Fsp3) is 0.696. The van der Waals surface area contributed by atoms with Crippen molar-refractivity contribution in [1.29, 1.82) is 0 Å². The molecule has 0 saturated carbocycles. The molecule has 0 spiro atoms. The molecule has 1 rings (SSSR count). The van der Waals surface area contributed by atoms with Gasteiger partial charge in [-0.2, -0.15) is 0 Å². The lowest BCUT2D eigenvalue weighted by atomic mass is 9.86. The fourth-order valence-electron chi connectivity index (χ4n) is 3.60. The zero-order chi connectivity index (χ0) is 23.4. The van der Waals surface area contributed by atoms with Gasteiger partial charge in [-0.05, 0) is 38.2 Å². The summed E-state index contributed by atoms with van der Waals surface area (Å²) in [5.74, 6) is -2.00. The highest BCUT2D eigenvalue weighted by Crippen LogP contribution is 2.35. The van der Waals surface area contributed by atoms with Crippen LogP contribution in [-0.4, -0.2) is 53.4 Å². The van der Waals surface area contributed by atoms with Crippen molar-refractivity contribution in [2.24, 2.45) is 11.8 Å². The Morgan fingerprint density at radius 1 is 1.19 bits per heavy atom. The van der Waals surface area contributed by atoms with Crippen LogP contribution in [-0.2, 0) is 23.9 Å². The summed E-state index contributed by atoms with van der Waals surface area (Å²) in [6.07, 6.45) is 7.05. The van der Waals surface area contributed by atoms with Gasteiger partial charge in [-0.25, -0.2) is 0 Å². The van der Waals surface area contributed by atoms with Crippen LogP contribution in [0.2, 0.25) is 0 Å². The molecule has 0 aliphatic heterocycles. The Kier molecular flexibility index (Phi) is 12.7. The van der Waals surface area contributed by atoms with Crippen LogP contribution in [0, 0.1) is 11.8 Å². The molecule has 0 saturated heterocycles. The van der Waals surface area contributed by atoms with Gasteiger partial charge in [0.05, 0.1) is 24.4 Å². The number of carbonyl (C=O) groups is 3. The summed E-state index contributed by atoms with van der Waals surface area (Å²) in [5, 5.41) is 20.7. The van der Waals surface area contributed by atoms with Crippen molar-refractivity contribution in [3.05, 3.63) is 23.3 Å². The van der Waals surface area contributed by atoms with E-state index in [1.807, 2.05) is 0 Å². The van der Waals surface area contributed by atoms with Crippen LogP contribution in [0.15, 0.2) is 23.3 Å². The number of ketones is 1. The number of allylic oxidation sites excluding steroid dienone is 3. The second kappa shape index (κ2) is 14.4. The first-order chi connectivity index (χ1) is 14.7. The summed E-state index contributed by atoms with van der Waals surface area (Å²) in [7, 11) is 1.29. The molecule has 0 fully saturated rings. The molecule has 176 valence electrons. The van der Waals surface area contributed by atoms with Crippen molar-refractivity contribution in [3.8, 4) is 0 Å². The first-order valence-electron chi connectivity index (χ1n) is 10.9. The molecule has 0 aromatic heterocycles. The number of halogens is 1. The van der Waals surface area contributed by atoms with Gasteiger partial charge in [0, 0.05) is 25.2 Å². The number of ether oxygens (including phenoxy) is 2. The second-order valence-electron chi connectivity index (χ2n) is 7.93. The van der Waals surface area contributed by atoms with Crippen molar-refractivity contribution >= 4 is 29.3 Å². The molecule has 7 nitrogen and oxygen atoms in total. The molecule has 31 heavy (non-hydrogen) atoms. The molecule has 0 aromatic carbocycles. The predicted molar refractivity (Wildman–Crippen MR) is 117 cm³/mol. The molecule has 0 aromatic rings. The third-order valence-electron chi connectivity index (χ3n) is 5.38. The van der Waals surface area contributed by atoms with Crippen LogP contribution in [0.1, 0.15) is 65.2 Å². The third-order valence-corrected chi connectivity index (χ3v) is 5.69. The van der Waals surface area contributed by atoms with E-state index in [2.05, 4.69) is 11.7 Å². The lowest BCUT2D eigenvalue weighted by molar-refractivity contribution is -0.144. The number of methoxy groups -OCH3 is 1. The minimum Gasteiger partial charge on any atom is -0.469 e. The molecule has 5 atom stereocenters. The Labute approximate surface area is 189 Å². The van der Waals surface area contributed by atoms with Crippen LogP contribution in [0.5, 0.6) is 0 Å². The van der Waals surface area contributed by atoms with Gasteiger partial charge in [0.2, 0.25) is 0 Å². The van der Waals surface area contributed by atoms with E-state index in [0.29, 0.717) is 12.8 Å². The zero-order valence-electron chi connectivity index (χ0n) is 18.6. The van der Waals surface area contributed by atoms with Crippen LogP contribution in [0.25, 0.3) is 0 Å². The fourth-order valence-corrected chi connectivity index (χ4v) is 3.88. The maximum atomic E-state index is 12.5. The minimum absolute atomic E-state index is 0.0357. The van der Waals surface area contributed by atoms with Crippen LogP contribution >= 0.6 is 11.6 Å². The SMILES string of the molecule is CCCCC[C@@H](/C=C/[C@H]1C=C(Cl)C(=O)[C@@H]1CC(O)C(O)CCCC(=O)OC)OC(C)=O. The average Bonchev–Trinajstić information content (AvgIpc) is 2.98. The molecule has 1 aliphatic rings. The van der Waals surface area contributed by atoms with E-state index in [-0.39, 0.29) is 54.0 Å². The topological polar surface area (TPSA) is 110 Å². The van der Waals surface area contributed by atoms with Gasteiger partial charge in [0.1, 0.15) is 6.10 Å². The molecule has 0 heterocycles. The summed E-state index contributed by atoms with van der Waals surface area (Å²) in [4.78, 5) is 35.0. The van der Waals surface area contributed by atoms with Crippen LogP contribution < -0.4 is 0 Å². The maximum Gasteiger partial charge on any atom is 0.305 e. The predicted octanol–water partition coefficient (Wildman–Crippen LogP) is 3.45. The van der Waals surface area contributed by atoms with Crippen LogP contribution in [0.3, 0.4) is 0 Å². The Morgan fingerprint density at radius 2 is 1.90 bits per heavy atom. The number of Topliss-reactive ketones (excluding diaryl/α,β-unsaturated/α-hetero) is 1. The van der Waals surface area contributed by atoms with Crippen LogP contribution in [0.4, 0.5) is 0 Å². The van der Waals surface area contributed by atoms with E-state index < -0.39 is 18.1 Å². The maximum absolute atomic E-state index is 12.5. The van der Waals surface area contributed by atoms with Crippen molar-refractivity contribution in [2.75, 3.05) is 7.11 Å². The number of unbranched alkanes of at least 4 members (excludes halogenated alkanes) is 2. The first-order valence-corrected chi connectivity index (χ1v) is 11.3. The number of carbonyl (C=O) groups excluding carboxylic acids is 3. The van der Waals surface area contributed by atoms with Crippen molar-refractivity contribution in [3.63, 3.8) is 0 Å². The van der Waals surface area contributed by atoms with E-state index in [9.17, 15) is 24.6 Å². The molecule has 8 heteroatoms. The summed E-state index contributed by atoms with van der Waals surface area (Å²) in [5.41, 5.74) is 0. The van der Waals surface area contributed by atoms with E-state index in [4.69, 9.17) is 16.3 Å². The van der Waals surface area contributed by atoms with Gasteiger partial charge >= 0.3 is 11.9 Å². The lowest BCUT2D eigenvalue weighted by Gasteiger charge is -2.23. The Morgan fingerprint density at radius 3 is 2.52 bits per heavy atom. The zero-order valence-corrected chi connectivity index (χ0v) is 19.3. The van der Waals surface area contributed by atoms with E-state index in [1.54, 1.807) is 18.2 Å². The largest absolute Gasteiger partial charge is 0.469 e. The summed E-state index contributed by atoms with van der Waals surface area (Å²) in [6.45, 7) is 3.45. The van der Waals surface area contributed by atoms with E-state index in [0.717, 1.165) is 19.3 Å². The Bertz CT molecular complexity index is 658. The molecule has 0 amide bonds. The van der Waals surface area contributed by atoms with Gasteiger partial charge in [0.15, 0.2) is 5.78 Å². The van der Waals surface area contributed by atoms with Gasteiger partial charge in [-0.3, -0.25) is 14.4 Å². The monoisotopic (exact) mass is 458 g/mol. The first kappa shape index (κ1) is 27.3. The molecule has 2 unspecified atom stereocenters. The number of hydrogen-bond donors (Lipinski definition) is 2. The van der Waals surface area contributed by atoms with E-state index in [1.165, 1.54) is 14.0 Å². The standard InChI is InChI=1S/C23H35ClO7/c1-4-5-6-8-17(31-15(2)25)12-11-16-13-19(24)23(29)18(16)14-21(27)20(26)9-7-10-22(28)30-3/h11-13,16-18,20-21,26-27H,4-10,14H2,1-3H3/b12-11+/t16-,17-,18+,20?,21?/m0/s1. The molecular formula is C23H35ClO7.